The van der Waals surface area contributed by atoms with Crippen molar-refractivity contribution in [3.8, 4) is 0 Å². The van der Waals surface area contributed by atoms with Gasteiger partial charge >= 0.3 is 0 Å². The van der Waals surface area contributed by atoms with E-state index in [1.807, 2.05) is 0 Å². The van der Waals surface area contributed by atoms with Gasteiger partial charge in [0.1, 0.15) is 0 Å². The molecule has 0 unspecified atom stereocenters. The van der Waals surface area contributed by atoms with Gasteiger partial charge in [-0.2, -0.15) is 0 Å². The molecule has 1 aromatic rings. The second-order valence-corrected chi connectivity index (χ2v) is 11.1. The van der Waals surface area contributed by atoms with Gasteiger partial charge in [-0.1, -0.05) is 70.0 Å². The van der Waals surface area contributed by atoms with Gasteiger partial charge in [-0.3, -0.25) is 0 Å². The lowest BCUT2D eigenvalue weighted by Crippen LogP contribution is -2.51. The van der Waals surface area contributed by atoms with Gasteiger partial charge in [0.25, 0.3) is 0 Å². The third-order valence-electron chi connectivity index (χ3n) is 8.02. The summed E-state index contributed by atoms with van der Waals surface area (Å²) in [6.45, 7) is 9.97. The zero-order valence-corrected chi connectivity index (χ0v) is 18.4. The first kappa shape index (κ1) is 19.4. The van der Waals surface area contributed by atoms with Crippen molar-refractivity contribution in [2.24, 2.45) is 28.6 Å². The third-order valence-corrected chi connectivity index (χ3v) is 9.42. The van der Waals surface area contributed by atoms with E-state index in [9.17, 15) is 0 Å². The highest BCUT2D eigenvalue weighted by molar-refractivity contribution is 7.99. The van der Waals surface area contributed by atoms with E-state index in [0.717, 1.165) is 11.8 Å². The van der Waals surface area contributed by atoms with Crippen LogP contribution in [0.15, 0.2) is 58.5 Å². The van der Waals surface area contributed by atoms with Crippen LogP contribution in [0.4, 0.5) is 0 Å². The van der Waals surface area contributed by atoms with E-state index in [4.69, 9.17) is 0 Å². The Bertz CT molecular complexity index is 728. The summed E-state index contributed by atoms with van der Waals surface area (Å²) in [7, 11) is 0. The lowest BCUT2D eigenvalue weighted by atomic mass is 9.47. The highest BCUT2D eigenvalue weighted by atomic mass is 32.2. The standard InChI is InChI=1S/C26H36S/c1-19(2)20-11-13-23-21(17-20)12-14-24-25(3,15-8-16-26(23,24)4)18-27-22-9-6-5-7-10-22/h5-7,9-10,12,17,19,23-24H,8,11,13-16,18H2,1-4H3/t23-,24-,25-,26+/m0/s1. The largest absolute Gasteiger partial charge is 0.126 e. The van der Waals surface area contributed by atoms with Gasteiger partial charge in [0.15, 0.2) is 0 Å². The number of fused-ring (bicyclic) bond motifs is 3. The summed E-state index contributed by atoms with van der Waals surface area (Å²) in [6, 6.07) is 11.0. The van der Waals surface area contributed by atoms with Gasteiger partial charge in [0.05, 0.1) is 0 Å². The fourth-order valence-corrected chi connectivity index (χ4v) is 7.60. The average Bonchev–Trinajstić information content (AvgIpc) is 2.67. The molecule has 1 aromatic carbocycles. The van der Waals surface area contributed by atoms with Gasteiger partial charge in [-0.05, 0) is 78.4 Å². The zero-order chi connectivity index (χ0) is 19.1. The Kier molecular flexibility index (Phi) is 5.36. The van der Waals surface area contributed by atoms with Crippen LogP contribution >= 0.6 is 11.8 Å². The summed E-state index contributed by atoms with van der Waals surface area (Å²) in [4.78, 5) is 1.43. The van der Waals surface area contributed by atoms with Crippen LogP contribution in [-0.4, -0.2) is 5.75 Å². The van der Waals surface area contributed by atoms with E-state index in [-0.39, 0.29) is 0 Å². The van der Waals surface area contributed by atoms with Crippen LogP contribution < -0.4 is 0 Å². The van der Waals surface area contributed by atoms with Crippen molar-refractivity contribution in [1.82, 2.24) is 0 Å². The van der Waals surface area contributed by atoms with Crippen LogP contribution in [0.5, 0.6) is 0 Å². The zero-order valence-electron chi connectivity index (χ0n) is 17.6. The van der Waals surface area contributed by atoms with E-state index in [0.29, 0.717) is 16.7 Å². The van der Waals surface area contributed by atoms with Gasteiger partial charge in [0.2, 0.25) is 0 Å². The minimum Gasteiger partial charge on any atom is -0.126 e. The Morgan fingerprint density at radius 1 is 1.11 bits per heavy atom. The lowest BCUT2D eigenvalue weighted by Gasteiger charge is -2.58. The lowest BCUT2D eigenvalue weighted by molar-refractivity contribution is -0.0364. The van der Waals surface area contributed by atoms with Crippen LogP contribution in [-0.2, 0) is 0 Å². The van der Waals surface area contributed by atoms with Gasteiger partial charge in [-0.25, -0.2) is 0 Å². The maximum Gasteiger partial charge on any atom is 0.00721 e. The quantitative estimate of drug-likeness (QED) is 0.478. The number of thioether (sulfide) groups is 1. The monoisotopic (exact) mass is 380 g/mol. The summed E-state index contributed by atoms with van der Waals surface area (Å²) in [5.74, 6) is 3.59. The summed E-state index contributed by atoms with van der Waals surface area (Å²) in [5.41, 5.74) is 4.31. The maximum atomic E-state index is 2.65. The second kappa shape index (κ2) is 7.47. The molecule has 0 amide bonds. The summed E-state index contributed by atoms with van der Waals surface area (Å²) in [5, 5.41) is 0. The molecule has 3 aliphatic rings. The molecular weight excluding hydrogens is 344 g/mol. The normalized spacial score (nSPS) is 35.9. The topological polar surface area (TPSA) is 0 Å². The van der Waals surface area contributed by atoms with Crippen LogP contribution in [0.3, 0.4) is 0 Å². The molecule has 1 fully saturated rings. The van der Waals surface area contributed by atoms with Gasteiger partial charge < -0.3 is 0 Å². The molecule has 4 rings (SSSR count). The molecule has 27 heavy (non-hydrogen) atoms. The van der Waals surface area contributed by atoms with Gasteiger partial charge in [-0.15, -0.1) is 11.8 Å². The predicted molar refractivity (Wildman–Crippen MR) is 119 cm³/mol. The summed E-state index contributed by atoms with van der Waals surface area (Å²) in [6.07, 6.45) is 13.4. The maximum absolute atomic E-state index is 2.65. The first-order valence-corrected chi connectivity index (χ1v) is 12.0. The molecule has 0 saturated heterocycles. The Balaban J connectivity index is 1.58. The molecule has 0 bridgehead atoms. The van der Waals surface area contributed by atoms with E-state index in [1.165, 1.54) is 49.2 Å². The molecule has 0 N–H and O–H groups in total. The van der Waals surface area contributed by atoms with Gasteiger partial charge in [0, 0.05) is 10.6 Å². The smallest absolute Gasteiger partial charge is 0.00721 e. The Hall–Kier alpha value is -0.950. The van der Waals surface area contributed by atoms with E-state index < -0.39 is 0 Å². The van der Waals surface area contributed by atoms with Crippen molar-refractivity contribution >= 4 is 11.8 Å². The minimum atomic E-state index is 0.456. The van der Waals surface area contributed by atoms with E-state index in [1.54, 1.807) is 11.1 Å². The van der Waals surface area contributed by atoms with Crippen LogP contribution in [0.1, 0.15) is 66.2 Å². The highest BCUT2D eigenvalue weighted by Crippen LogP contribution is 2.62. The van der Waals surface area contributed by atoms with Crippen molar-refractivity contribution in [3.05, 3.63) is 53.6 Å². The fraction of sp³-hybridized carbons (Fsp3) is 0.615. The van der Waals surface area contributed by atoms with Crippen molar-refractivity contribution in [2.75, 3.05) is 5.75 Å². The van der Waals surface area contributed by atoms with Crippen LogP contribution in [0, 0.1) is 28.6 Å². The first-order valence-electron chi connectivity index (χ1n) is 11.0. The van der Waals surface area contributed by atoms with Crippen molar-refractivity contribution < 1.29 is 0 Å². The van der Waals surface area contributed by atoms with Crippen molar-refractivity contribution in [3.63, 3.8) is 0 Å². The molecule has 1 heteroatoms. The van der Waals surface area contributed by atoms with E-state index in [2.05, 4.69) is 81.9 Å². The molecule has 0 aliphatic heterocycles. The summed E-state index contributed by atoms with van der Waals surface area (Å²) >= 11 is 2.08. The van der Waals surface area contributed by atoms with Crippen LogP contribution in [0.25, 0.3) is 0 Å². The molecular formula is C26H36S. The molecule has 4 atom stereocenters. The SMILES string of the molecule is CC(C)C1=CC2=CC[C@H]3[C@](C)(CSc4ccccc4)CCC[C@]3(C)[C@H]2CC1. The third kappa shape index (κ3) is 3.57. The Labute approximate surface area is 170 Å². The minimum absolute atomic E-state index is 0.456. The van der Waals surface area contributed by atoms with Crippen molar-refractivity contribution in [2.45, 2.75) is 71.1 Å². The first-order chi connectivity index (χ1) is 12.9. The van der Waals surface area contributed by atoms with E-state index >= 15 is 0 Å². The molecule has 146 valence electrons. The fourth-order valence-electron chi connectivity index (χ4n) is 6.41. The number of hydrogen-bond donors (Lipinski definition) is 0. The molecule has 0 heterocycles. The molecule has 0 spiro atoms. The Morgan fingerprint density at radius 2 is 1.89 bits per heavy atom. The molecule has 0 aromatic heterocycles. The number of allylic oxidation sites excluding steroid dienone is 4. The number of hydrogen-bond acceptors (Lipinski definition) is 1. The Morgan fingerprint density at radius 3 is 2.63 bits per heavy atom. The summed E-state index contributed by atoms with van der Waals surface area (Å²) < 4.78 is 0. The second-order valence-electron chi connectivity index (χ2n) is 10.1. The predicted octanol–water partition coefficient (Wildman–Crippen LogP) is 7.91. The average molecular weight is 381 g/mol. The number of rotatable bonds is 4. The van der Waals surface area contributed by atoms with Crippen molar-refractivity contribution in [1.29, 1.82) is 0 Å². The molecule has 0 nitrogen and oxygen atoms in total. The molecule has 3 aliphatic carbocycles. The molecule has 0 radical (unpaired) electrons. The highest BCUT2D eigenvalue weighted by Gasteiger charge is 2.54. The molecule has 1 saturated carbocycles. The number of benzene rings is 1. The van der Waals surface area contributed by atoms with Crippen LogP contribution in [0.2, 0.25) is 0 Å².